The van der Waals surface area contributed by atoms with E-state index in [1.807, 2.05) is 30.3 Å². The third-order valence-electron chi connectivity index (χ3n) is 5.43. The zero-order valence-electron chi connectivity index (χ0n) is 15.3. The Hall–Kier alpha value is -1.33. The van der Waals surface area contributed by atoms with E-state index in [1.54, 1.807) is 21.0 Å². The monoisotopic (exact) mass is 364 g/mol. The molecule has 4 nitrogen and oxygen atoms in total. The highest BCUT2D eigenvalue weighted by Gasteiger charge is 2.43. The van der Waals surface area contributed by atoms with Gasteiger partial charge in [0.15, 0.2) is 9.84 Å². The Labute approximate surface area is 151 Å². The summed E-state index contributed by atoms with van der Waals surface area (Å²) in [4.78, 5) is 0.420. The number of hydrogen-bond donors (Lipinski definition) is 0. The molecule has 25 heavy (non-hydrogen) atoms. The van der Waals surface area contributed by atoms with Gasteiger partial charge in [0.2, 0.25) is 0 Å². The summed E-state index contributed by atoms with van der Waals surface area (Å²) >= 11 is 0. The maximum absolute atomic E-state index is 12.9. The van der Waals surface area contributed by atoms with Gasteiger partial charge < -0.3 is 9.47 Å². The highest BCUT2D eigenvalue weighted by molar-refractivity contribution is 7.95. The average molecular weight is 365 g/mol. The van der Waals surface area contributed by atoms with Crippen molar-refractivity contribution in [1.82, 2.24) is 0 Å². The van der Waals surface area contributed by atoms with Crippen LogP contribution in [0.2, 0.25) is 0 Å². The summed E-state index contributed by atoms with van der Waals surface area (Å²) in [5.41, 5.74) is 0.666. The Balaban J connectivity index is 2.01. The first-order valence-corrected chi connectivity index (χ1v) is 10.7. The summed E-state index contributed by atoms with van der Waals surface area (Å²) in [5.74, 6) is 0.754. The molecule has 0 aromatic heterocycles. The van der Waals surface area contributed by atoms with Gasteiger partial charge in [0, 0.05) is 0 Å². The molecule has 1 fully saturated rings. The van der Waals surface area contributed by atoms with Gasteiger partial charge in [-0.15, -0.1) is 0 Å². The molecule has 5 heteroatoms. The standard InChI is InChI=1S/C20H28O4S/c1-15(2)25(21,22)18-11-14-20(12-5-4-6-13-20)24-19(18)16-7-9-17(23-3)10-8-16/h7-11,15,19H,4-6,12-14H2,1-3H3/t19-/m0/s1. The normalized spacial score (nSPS) is 23.5. The average Bonchev–Trinajstić information content (AvgIpc) is 2.62. The number of ether oxygens (including phenoxy) is 2. The fourth-order valence-electron chi connectivity index (χ4n) is 3.82. The first-order chi connectivity index (χ1) is 11.9. The van der Waals surface area contributed by atoms with Crippen molar-refractivity contribution < 1.29 is 17.9 Å². The molecule has 1 atom stereocenters. The van der Waals surface area contributed by atoms with Crippen LogP contribution in [0.15, 0.2) is 35.2 Å². The van der Waals surface area contributed by atoms with Crippen LogP contribution in [0, 0.1) is 0 Å². The molecule has 0 unspecified atom stereocenters. The molecule has 2 aliphatic rings. The van der Waals surface area contributed by atoms with Crippen LogP contribution in [0.25, 0.3) is 0 Å². The molecule has 1 saturated carbocycles. The first-order valence-electron chi connectivity index (χ1n) is 9.14. The van der Waals surface area contributed by atoms with Crippen LogP contribution in [-0.2, 0) is 14.6 Å². The second-order valence-corrected chi connectivity index (χ2v) is 9.92. The topological polar surface area (TPSA) is 52.6 Å². The number of benzene rings is 1. The summed E-state index contributed by atoms with van der Waals surface area (Å²) in [7, 11) is -1.74. The number of methoxy groups -OCH3 is 1. The summed E-state index contributed by atoms with van der Waals surface area (Å²) in [5, 5.41) is -0.455. The Bertz CT molecular complexity index is 725. The Morgan fingerprint density at radius 2 is 1.76 bits per heavy atom. The van der Waals surface area contributed by atoms with E-state index < -0.39 is 21.2 Å². The maximum Gasteiger partial charge on any atom is 0.179 e. The minimum Gasteiger partial charge on any atom is -0.497 e. The van der Waals surface area contributed by atoms with Crippen molar-refractivity contribution in [3.05, 3.63) is 40.8 Å². The minimum atomic E-state index is -3.36. The van der Waals surface area contributed by atoms with Crippen molar-refractivity contribution in [3.63, 3.8) is 0 Å². The highest BCUT2D eigenvalue weighted by atomic mass is 32.2. The SMILES string of the molecule is COc1ccc([C@@H]2OC3(CC=C2S(=O)(=O)C(C)C)CCCCC3)cc1. The van der Waals surface area contributed by atoms with Gasteiger partial charge in [-0.05, 0) is 50.8 Å². The molecular formula is C20H28O4S. The molecule has 1 aliphatic carbocycles. The van der Waals surface area contributed by atoms with Gasteiger partial charge >= 0.3 is 0 Å². The fourth-order valence-corrected chi connectivity index (χ4v) is 5.16. The summed E-state index contributed by atoms with van der Waals surface area (Å²) in [6, 6.07) is 7.55. The molecule has 0 N–H and O–H groups in total. The molecule has 1 aliphatic heterocycles. The van der Waals surface area contributed by atoms with Crippen LogP contribution in [0.3, 0.4) is 0 Å². The van der Waals surface area contributed by atoms with E-state index in [0.717, 1.165) is 37.0 Å². The van der Waals surface area contributed by atoms with Crippen molar-refractivity contribution in [2.75, 3.05) is 7.11 Å². The van der Waals surface area contributed by atoms with Crippen LogP contribution < -0.4 is 4.74 Å². The van der Waals surface area contributed by atoms with Crippen molar-refractivity contribution >= 4 is 9.84 Å². The van der Waals surface area contributed by atoms with E-state index in [1.165, 1.54) is 6.42 Å². The number of rotatable bonds is 4. The Morgan fingerprint density at radius 1 is 1.12 bits per heavy atom. The van der Waals surface area contributed by atoms with E-state index in [2.05, 4.69) is 0 Å². The minimum absolute atomic E-state index is 0.209. The molecular weight excluding hydrogens is 336 g/mol. The third-order valence-corrected chi connectivity index (χ3v) is 7.71. The molecule has 1 heterocycles. The van der Waals surface area contributed by atoms with Crippen LogP contribution >= 0.6 is 0 Å². The smallest absolute Gasteiger partial charge is 0.179 e. The highest BCUT2D eigenvalue weighted by Crippen LogP contribution is 2.46. The molecule has 0 radical (unpaired) electrons. The Kier molecular flexibility index (Phi) is 5.26. The summed E-state index contributed by atoms with van der Waals surface area (Å²) in [6.45, 7) is 3.46. The zero-order valence-corrected chi connectivity index (χ0v) is 16.1. The van der Waals surface area contributed by atoms with Crippen LogP contribution in [-0.4, -0.2) is 26.4 Å². The van der Waals surface area contributed by atoms with Gasteiger partial charge in [-0.3, -0.25) is 0 Å². The lowest BCUT2D eigenvalue weighted by molar-refractivity contribution is -0.107. The van der Waals surface area contributed by atoms with Gasteiger partial charge in [-0.25, -0.2) is 8.42 Å². The van der Waals surface area contributed by atoms with Gasteiger partial charge in [0.25, 0.3) is 0 Å². The molecule has 0 amide bonds. The van der Waals surface area contributed by atoms with E-state index in [-0.39, 0.29) is 5.60 Å². The lowest BCUT2D eigenvalue weighted by Crippen LogP contribution is -2.40. The van der Waals surface area contributed by atoms with Crippen LogP contribution in [0.1, 0.15) is 64.0 Å². The van der Waals surface area contributed by atoms with E-state index in [0.29, 0.717) is 11.3 Å². The molecule has 1 spiro atoms. The molecule has 1 aromatic rings. The van der Waals surface area contributed by atoms with E-state index >= 15 is 0 Å². The second-order valence-electron chi connectivity index (χ2n) is 7.42. The number of hydrogen-bond acceptors (Lipinski definition) is 4. The zero-order chi connectivity index (χ0) is 18.1. The first kappa shape index (κ1) is 18.5. The van der Waals surface area contributed by atoms with E-state index in [9.17, 15) is 8.42 Å². The maximum atomic E-state index is 12.9. The summed E-state index contributed by atoms with van der Waals surface area (Å²) < 4.78 is 37.5. The summed E-state index contributed by atoms with van der Waals surface area (Å²) in [6.07, 6.45) is 7.64. The third kappa shape index (κ3) is 3.63. The molecule has 1 aromatic carbocycles. The second kappa shape index (κ2) is 7.12. The van der Waals surface area contributed by atoms with Crippen LogP contribution in [0.5, 0.6) is 5.75 Å². The fraction of sp³-hybridized carbons (Fsp3) is 0.600. The van der Waals surface area contributed by atoms with Crippen LogP contribution in [0.4, 0.5) is 0 Å². The van der Waals surface area contributed by atoms with Gasteiger partial charge in [0.05, 0.1) is 22.9 Å². The molecule has 0 saturated heterocycles. The van der Waals surface area contributed by atoms with Gasteiger partial charge in [-0.2, -0.15) is 0 Å². The lowest BCUT2D eigenvalue weighted by Gasteiger charge is -2.43. The van der Waals surface area contributed by atoms with E-state index in [4.69, 9.17) is 9.47 Å². The predicted octanol–water partition coefficient (Wildman–Crippen LogP) is 4.57. The van der Waals surface area contributed by atoms with Crippen molar-refractivity contribution in [1.29, 1.82) is 0 Å². The molecule has 0 bridgehead atoms. The largest absolute Gasteiger partial charge is 0.497 e. The molecule has 3 rings (SSSR count). The molecule has 138 valence electrons. The van der Waals surface area contributed by atoms with Gasteiger partial charge in [0.1, 0.15) is 11.9 Å². The van der Waals surface area contributed by atoms with Crippen molar-refractivity contribution in [3.8, 4) is 5.75 Å². The predicted molar refractivity (Wildman–Crippen MR) is 99.4 cm³/mol. The van der Waals surface area contributed by atoms with Crippen molar-refractivity contribution in [2.45, 2.75) is 69.3 Å². The lowest BCUT2D eigenvalue weighted by atomic mass is 9.80. The number of sulfone groups is 1. The quantitative estimate of drug-likeness (QED) is 0.785. The van der Waals surface area contributed by atoms with Gasteiger partial charge in [-0.1, -0.05) is 37.5 Å². The Morgan fingerprint density at radius 3 is 2.32 bits per heavy atom. The van der Waals surface area contributed by atoms with Crippen molar-refractivity contribution in [2.24, 2.45) is 0 Å².